The first-order chi connectivity index (χ1) is 13.2. The van der Waals surface area contributed by atoms with Crippen molar-refractivity contribution in [2.24, 2.45) is 0 Å². The number of rotatable bonds is 10. The molecule has 0 unspecified atom stereocenters. The first-order valence-electron chi connectivity index (χ1n) is 8.59. The highest BCUT2D eigenvalue weighted by Gasteiger charge is 2.09. The molecule has 0 atom stereocenters. The van der Waals surface area contributed by atoms with E-state index in [0.29, 0.717) is 30.3 Å². The lowest BCUT2D eigenvalue weighted by Crippen LogP contribution is -2.20. The summed E-state index contributed by atoms with van der Waals surface area (Å²) in [5, 5.41) is 14.9. The van der Waals surface area contributed by atoms with Gasteiger partial charge in [-0.1, -0.05) is 0 Å². The number of hydrogen-bond acceptors (Lipinski definition) is 8. The van der Waals surface area contributed by atoms with Gasteiger partial charge < -0.3 is 23.8 Å². The van der Waals surface area contributed by atoms with Crippen LogP contribution in [0.2, 0.25) is 0 Å². The number of methoxy groups -OCH3 is 1. The van der Waals surface area contributed by atoms with Gasteiger partial charge in [0.1, 0.15) is 5.58 Å². The number of fused-ring (bicyclic) bond motifs is 1. The molecule has 0 radical (unpaired) electrons. The van der Waals surface area contributed by atoms with Crippen LogP contribution in [0.3, 0.4) is 0 Å². The van der Waals surface area contributed by atoms with Crippen molar-refractivity contribution >= 4 is 11.0 Å². The van der Waals surface area contributed by atoms with Gasteiger partial charge in [0.15, 0.2) is 11.5 Å². The molecule has 27 heavy (non-hydrogen) atoms. The zero-order valence-corrected chi connectivity index (χ0v) is 14.9. The lowest BCUT2D eigenvalue weighted by Gasteiger charge is -2.11. The molecule has 144 valence electrons. The molecular formula is C18H20N2O7. The van der Waals surface area contributed by atoms with Crippen LogP contribution in [-0.2, 0) is 0 Å². The molecule has 3 aromatic rings. The maximum atomic E-state index is 11.4. The molecule has 0 spiro atoms. The van der Waals surface area contributed by atoms with Crippen LogP contribution in [0, 0.1) is 5.21 Å². The average Bonchev–Trinajstić information content (AvgIpc) is 3.08. The minimum absolute atomic E-state index is 0.184. The predicted octanol–water partition coefficient (Wildman–Crippen LogP) is 2.44. The van der Waals surface area contributed by atoms with Crippen molar-refractivity contribution in [2.75, 3.05) is 20.3 Å². The summed E-state index contributed by atoms with van der Waals surface area (Å²) in [5.74, 6) is 1.32. The Morgan fingerprint density at radius 2 is 1.85 bits per heavy atom. The fraction of sp³-hybridized carbons (Fsp3) is 0.389. The van der Waals surface area contributed by atoms with Gasteiger partial charge in [-0.3, -0.25) is 4.63 Å². The lowest BCUT2D eigenvalue weighted by molar-refractivity contribution is -0.802. The van der Waals surface area contributed by atoms with E-state index in [2.05, 4.69) is 9.79 Å². The highest BCUT2D eigenvalue weighted by Crippen LogP contribution is 2.32. The fourth-order valence-electron chi connectivity index (χ4n) is 2.55. The normalized spacial score (nSPS) is 10.9. The monoisotopic (exact) mass is 376 g/mol. The molecule has 2 heterocycles. The molecule has 9 nitrogen and oxygen atoms in total. The number of benzene rings is 1. The fourth-order valence-corrected chi connectivity index (χ4v) is 2.55. The number of ether oxygens (including phenoxy) is 3. The Labute approximate surface area is 154 Å². The van der Waals surface area contributed by atoms with Gasteiger partial charge in [-0.05, 0) is 42.7 Å². The van der Waals surface area contributed by atoms with Crippen LogP contribution >= 0.6 is 0 Å². The number of hydrogen-bond donors (Lipinski definition) is 0. The highest BCUT2D eigenvalue weighted by atomic mass is 16.8. The van der Waals surface area contributed by atoms with E-state index in [1.807, 2.05) is 0 Å². The first kappa shape index (κ1) is 18.6. The van der Waals surface area contributed by atoms with Crippen LogP contribution in [0.1, 0.15) is 25.7 Å². The van der Waals surface area contributed by atoms with E-state index >= 15 is 0 Å². The van der Waals surface area contributed by atoms with E-state index < -0.39 is 5.63 Å². The second kappa shape index (κ2) is 8.93. The van der Waals surface area contributed by atoms with Crippen LogP contribution in [0.15, 0.2) is 44.3 Å². The van der Waals surface area contributed by atoms with Crippen molar-refractivity contribution in [3.8, 4) is 17.4 Å². The first-order valence-corrected chi connectivity index (χ1v) is 8.59. The maximum Gasteiger partial charge on any atom is 0.394 e. The third kappa shape index (κ3) is 5.13. The molecule has 0 saturated heterocycles. The van der Waals surface area contributed by atoms with Crippen LogP contribution in [0.5, 0.6) is 17.4 Å². The van der Waals surface area contributed by atoms with Gasteiger partial charge in [-0.2, -0.15) is 0 Å². The zero-order chi connectivity index (χ0) is 19.1. The van der Waals surface area contributed by atoms with E-state index in [1.165, 1.54) is 6.07 Å². The predicted molar refractivity (Wildman–Crippen MR) is 94.0 cm³/mol. The molecule has 1 aromatic carbocycles. The minimum Gasteiger partial charge on any atom is -0.493 e. The van der Waals surface area contributed by atoms with Crippen molar-refractivity contribution in [2.45, 2.75) is 25.7 Å². The molecule has 0 aliphatic carbocycles. The Balaban J connectivity index is 1.40. The lowest BCUT2D eigenvalue weighted by atomic mass is 10.2. The molecule has 3 rings (SSSR count). The summed E-state index contributed by atoms with van der Waals surface area (Å²) in [7, 11) is 1.57. The standard InChI is InChI=1S/C18H20N2O7/c1-23-15-10-13-6-7-18(21)26-14(13)11-16(15)24-8-4-2-3-5-9-25-17-12-20(22)27-19-17/h6-7,10-12H,2-5,8-9H2,1H3. The minimum atomic E-state index is -0.406. The molecule has 0 amide bonds. The Morgan fingerprint density at radius 3 is 2.56 bits per heavy atom. The van der Waals surface area contributed by atoms with E-state index in [0.717, 1.165) is 37.3 Å². The third-order valence-electron chi connectivity index (χ3n) is 3.88. The molecule has 0 saturated carbocycles. The van der Waals surface area contributed by atoms with Gasteiger partial charge in [0.05, 0.1) is 25.5 Å². The molecule has 9 heteroatoms. The Morgan fingerprint density at radius 1 is 1.07 bits per heavy atom. The van der Waals surface area contributed by atoms with Crippen molar-refractivity contribution in [3.63, 3.8) is 0 Å². The van der Waals surface area contributed by atoms with Crippen LogP contribution in [0.25, 0.3) is 11.0 Å². The van der Waals surface area contributed by atoms with Crippen LogP contribution in [-0.4, -0.2) is 25.5 Å². The smallest absolute Gasteiger partial charge is 0.394 e. The second-order valence-electron chi connectivity index (χ2n) is 5.83. The summed E-state index contributed by atoms with van der Waals surface area (Å²) in [5.41, 5.74) is 0.0548. The van der Waals surface area contributed by atoms with Crippen LogP contribution < -0.4 is 24.7 Å². The Kier molecular flexibility index (Phi) is 6.14. The second-order valence-corrected chi connectivity index (χ2v) is 5.83. The molecule has 0 fully saturated rings. The van der Waals surface area contributed by atoms with Crippen molar-refractivity contribution in [1.82, 2.24) is 5.16 Å². The topological polar surface area (TPSA) is 111 Å². The molecule has 0 bridgehead atoms. The van der Waals surface area contributed by atoms with Gasteiger partial charge in [0, 0.05) is 17.5 Å². The number of aromatic nitrogens is 2. The van der Waals surface area contributed by atoms with Gasteiger partial charge in [-0.15, -0.1) is 0 Å². The van der Waals surface area contributed by atoms with Gasteiger partial charge in [0.2, 0.25) is 6.20 Å². The van der Waals surface area contributed by atoms with Gasteiger partial charge in [0.25, 0.3) is 0 Å². The van der Waals surface area contributed by atoms with E-state index in [1.54, 1.807) is 25.3 Å². The number of nitrogens with zero attached hydrogens (tertiary/aromatic N) is 2. The quantitative estimate of drug-likeness (QED) is 0.301. The van der Waals surface area contributed by atoms with E-state index in [9.17, 15) is 10.0 Å². The van der Waals surface area contributed by atoms with Crippen molar-refractivity contribution in [1.29, 1.82) is 0 Å². The molecule has 2 aromatic heterocycles. The van der Waals surface area contributed by atoms with Gasteiger partial charge in [-0.25, -0.2) is 4.79 Å². The Hall–Kier alpha value is -3.23. The van der Waals surface area contributed by atoms with Crippen molar-refractivity contribution < 1.29 is 28.2 Å². The summed E-state index contributed by atoms with van der Waals surface area (Å²) in [4.78, 5) is 11.6. The van der Waals surface area contributed by atoms with E-state index in [4.69, 9.17) is 18.6 Å². The van der Waals surface area contributed by atoms with E-state index in [-0.39, 0.29) is 10.8 Å². The third-order valence-corrected chi connectivity index (χ3v) is 3.88. The summed E-state index contributed by atoms with van der Waals surface area (Å²) in [6.07, 6.45) is 4.71. The molecular weight excluding hydrogens is 356 g/mol. The van der Waals surface area contributed by atoms with Crippen molar-refractivity contribution in [3.05, 3.63) is 46.1 Å². The highest BCUT2D eigenvalue weighted by molar-refractivity contribution is 5.80. The van der Waals surface area contributed by atoms with Gasteiger partial charge >= 0.3 is 11.5 Å². The SMILES string of the molecule is COc1cc2ccc(=O)oc2cc1OCCCCCCOc1c[n+]([O-])on1. The summed E-state index contributed by atoms with van der Waals surface area (Å²) in [6, 6.07) is 6.50. The Bertz CT molecular complexity index is 935. The summed E-state index contributed by atoms with van der Waals surface area (Å²) in [6.45, 7) is 0.976. The summed E-state index contributed by atoms with van der Waals surface area (Å²) >= 11 is 0. The molecule has 0 aliphatic heterocycles. The molecule has 0 aliphatic rings. The van der Waals surface area contributed by atoms with Crippen LogP contribution in [0.4, 0.5) is 0 Å². The largest absolute Gasteiger partial charge is 0.493 e. The summed E-state index contributed by atoms with van der Waals surface area (Å²) < 4.78 is 25.9. The zero-order valence-electron chi connectivity index (χ0n) is 14.9. The average molecular weight is 376 g/mol. The molecule has 0 N–H and O–H groups in total. The number of unbranched alkanes of at least 4 members (excludes halogenated alkanes) is 3. The maximum absolute atomic E-state index is 11.4.